The van der Waals surface area contributed by atoms with E-state index in [9.17, 15) is 13.2 Å². The van der Waals surface area contributed by atoms with Gasteiger partial charge < -0.3 is 5.32 Å². The molecular formula is C25H28N2O3S. The normalized spacial score (nSPS) is 11.5. The van der Waals surface area contributed by atoms with E-state index >= 15 is 0 Å². The monoisotopic (exact) mass is 436 g/mol. The van der Waals surface area contributed by atoms with Crippen LogP contribution in [0.5, 0.6) is 0 Å². The van der Waals surface area contributed by atoms with E-state index in [0.29, 0.717) is 13.0 Å². The van der Waals surface area contributed by atoms with Gasteiger partial charge in [0.2, 0.25) is 15.9 Å². The molecule has 3 aromatic rings. The van der Waals surface area contributed by atoms with Gasteiger partial charge in [0.15, 0.2) is 0 Å². The van der Waals surface area contributed by atoms with Crippen LogP contribution in [0.1, 0.15) is 22.3 Å². The van der Waals surface area contributed by atoms with Crippen LogP contribution in [-0.2, 0) is 27.8 Å². The molecule has 0 fully saturated rings. The lowest BCUT2D eigenvalue weighted by Gasteiger charge is -2.22. The molecule has 6 heteroatoms. The maximum atomic E-state index is 13.3. The average molecular weight is 437 g/mol. The molecule has 0 bridgehead atoms. The van der Waals surface area contributed by atoms with E-state index in [2.05, 4.69) is 5.32 Å². The van der Waals surface area contributed by atoms with Gasteiger partial charge in [0.1, 0.15) is 0 Å². The summed E-state index contributed by atoms with van der Waals surface area (Å²) >= 11 is 0. The van der Waals surface area contributed by atoms with Crippen molar-refractivity contribution in [1.29, 1.82) is 0 Å². The van der Waals surface area contributed by atoms with Gasteiger partial charge in [-0.1, -0.05) is 77.9 Å². The molecule has 3 rings (SSSR count). The zero-order valence-corrected chi connectivity index (χ0v) is 18.7. The van der Waals surface area contributed by atoms with Crippen molar-refractivity contribution in [2.24, 2.45) is 0 Å². The first-order valence-electron chi connectivity index (χ1n) is 10.3. The molecule has 0 unspecified atom stereocenters. The molecule has 0 radical (unpaired) electrons. The van der Waals surface area contributed by atoms with Crippen LogP contribution in [0.15, 0.2) is 83.8 Å². The molecule has 5 nitrogen and oxygen atoms in total. The molecule has 162 valence electrons. The number of amides is 1. The Kier molecular flexibility index (Phi) is 7.60. The van der Waals surface area contributed by atoms with Crippen molar-refractivity contribution < 1.29 is 13.2 Å². The van der Waals surface area contributed by atoms with Crippen LogP contribution in [-0.4, -0.2) is 31.7 Å². The summed E-state index contributed by atoms with van der Waals surface area (Å²) in [5.74, 6) is -0.328. The molecule has 0 aromatic heterocycles. The molecule has 1 N–H and O–H groups in total. The zero-order chi connectivity index (χ0) is 22.3. The van der Waals surface area contributed by atoms with E-state index < -0.39 is 10.0 Å². The minimum Gasteiger partial charge on any atom is -0.351 e. The van der Waals surface area contributed by atoms with Crippen molar-refractivity contribution in [1.82, 2.24) is 9.62 Å². The van der Waals surface area contributed by atoms with Crippen molar-refractivity contribution in [2.75, 3.05) is 13.1 Å². The fourth-order valence-electron chi connectivity index (χ4n) is 3.28. The second-order valence-electron chi connectivity index (χ2n) is 7.65. The number of hydrogen-bond donors (Lipinski definition) is 1. The highest BCUT2D eigenvalue weighted by molar-refractivity contribution is 7.89. The van der Waals surface area contributed by atoms with Gasteiger partial charge in [-0.15, -0.1) is 0 Å². The lowest BCUT2D eigenvalue weighted by molar-refractivity contribution is -0.121. The van der Waals surface area contributed by atoms with Crippen molar-refractivity contribution in [3.63, 3.8) is 0 Å². The summed E-state index contributed by atoms with van der Waals surface area (Å²) in [6.45, 7) is 4.25. The van der Waals surface area contributed by atoms with Crippen LogP contribution in [0.2, 0.25) is 0 Å². The Balaban J connectivity index is 1.74. The third-order valence-corrected chi connectivity index (χ3v) is 6.90. The highest BCUT2D eigenvalue weighted by Gasteiger charge is 2.26. The lowest BCUT2D eigenvalue weighted by Crippen LogP contribution is -2.41. The molecule has 0 saturated carbocycles. The van der Waals surface area contributed by atoms with E-state index in [0.717, 1.165) is 22.3 Å². The van der Waals surface area contributed by atoms with Gasteiger partial charge in [-0.3, -0.25) is 4.79 Å². The number of carbonyl (C=O) groups is 1. The molecule has 0 atom stereocenters. The van der Waals surface area contributed by atoms with Crippen LogP contribution in [0.4, 0.5) is 0 Å². The maximum absolute atomic E-state index is 13.3. The number of carbonyl (C=O) groups excluding carboxylic acids is 1. The Morgan fingerprint density at radius 1 is 0.839 bits per heavy atom. The zero-order valence-electron chi connectivity index (χ0n) is 17.9. The molecule has 31 heavy (non-hydrogen) atoms. The number of rotatable bonds is 9. The van der Waals surface area contributed by atoms with Gasteiger partial charge in [-0.25, -0.2) is 8.42 Å². The number of nitrogens with one attached hydrogen (secondary N) is 1. The molecule has 0 aliphatic heterocycles. The van der Waals surface area contributed by atoms with Crippen molar-refractivity contribution in [3.8, 4) is 0 Å². The average Bonchev–Trinajstić information content (AvgIpc) is 2.76. The van der Waals surface area contributed by atoms with Crippen molar-refractivity contribution in [2.45, 2.75) is 31.7 Å². The minimum atomic E-state index is -3.80. The Morgan fingerprint density at radius 2 is 1.52 bits per heavy atom. The predicted octanol–water partition coefficient (Wildman–Crippen LogP) is 3.85. The Hall–Kier alpha value is -2.96. The van der Waals surface area contributed by atoms with Gasteiger partial charge in [0.05, 0.1) is 11.4 Å². The van der Waals surface area contributed by atoms with E-state index in [1.807, 2.05) is 68.4 Å². The summed E-state index contributed by atoms with van der Waals surface area (Å²) in [7, 11) is -3.80. The largest absolute Gasteiger partial charge is 0.351 e. The standard InChI is InChI=1S/C25H28N2O3S/c1-20-11-13-24(14-12-20)31(29,30)27(16-15-22-8-4-3-5-9-22)19-25(28)26-18-23-10-6-7-21(2)17-23/h3-14,17H,15-16,18-19H2,1-2H3,(H,26,28). The van der Waals surface area contributed by atoms with Crippen LogP contribution < -0.4 is 5.32 Å². The summed E-state index contributed by atoms with van der Waals surface area (Å²) in [6, 6.07) is 24.2. The van der Waals surface area contributed by atoms with Gasteiger partial charge in [0.25, 0.3) is 0 Å². The summed E-state index contributed by atoms with van der Waals surface area (Å²) in [6.07, 6.45) is 0.525. The third kappa shape index (κ3) is 6.51. The van der Waals surface area contributed by atoms with Gasteiger partial charge >= 0.3 is 0 Å². The predicted molar refractivity (Wildman–Crippen MR) is 123 cm³/mol. The third-order valence-electron chi connectivity index (χ3n) is 5.04. The summed E-state index contributed by atoms with van der Waals surface area (Å²) in [5.41, 5.74) is 4.08. The molecule has 0 aliphatic rings. The molecular weight excluding hydrogens is 408 g/mol. The Morgan fingerprint density at radius 3 is 2.19 bits per heavy atom. The second-order valence-corrected chi connectivity index (χ2v) is 9.59. The Labute approximate surface area is 184 Å². The molecule has 3 aromatic carbocycles. The molecule has 0 aliphatic carbocycles. The summed E-state index contributed by atoms with van der Waals surface area (Å²) in [4.78, 5) is 12.8. The van der Waals surface area contributed by atoms with E-state index in [1.165, 1.54) is 4.31 Å². The van der Waals surface area contributed by atoms with Gasteiger partial charge in [-0.05, 0) is 43.5 Å². The first-order valence-corrected chi connectivity index (χ1v) is 11.7. The van der Waals surface area contributed by atoms with Crippen molar-refractivity contribution >= 4 is 15.9 Å². The van der Waals surface area contributed by atoms with Crippen LogP contribution in [0, 0.1) is 13.8 Å². The van der Waals surface area contributed by atoms with Crippen LogP contribution in [0.25, 0.3) is 0 Å². The number of hydrogen-bond acceptors (Lipinski definition) is 3. The van der Waals surface area contributed by atoms with Crippen LogP contribution in [0.3, 0.4) is 0 Å². The fraction of sp³-hybridized carbons (Fsp3) is 0.240. The molecule has 1 amide bonds. The number of benzene rings is 3. The van der Waals surface area contributed by atoms with E-state index in [1.54, 1.807) is 24.3 Å². The molecule has 0 spiro atoms. The smallest absolute Gasteiger partial charge is 0.243 e. The summed E-state index contributed by atoms with van der Waals surface area (Å²) in [5, 5.41) is 2.84. The molecule has 0 saturated heterocycles. The van der Waals surface area contributed by atoms with Crippen molar-refractivity contribution in [3.05, 3.63) is 101 Å². The highest BCUT2D eigenvalue weighted by Crippen LogP contribution is 2.17. The lowest BCUT2D eigenvalue weighted by atomic mass is 10.1. The quantitative estimate of drug-likeness (QED) is 0.554. The second kappa shape index (κ2) is 10.4. The fourth-order valence-corrected chi connectivity index (χ4v) is 4.68. The molecule has 0 heterocycles. The number of sulfonamides is 1. The van der Waals surface area contributed by atoms with E-state index in [-0.39, 0.29) is 23.9 Å². The summed E-state index contributed by atoms with van der Waals surface area (Å²) < 4.78 is 27.8. The minimum absolute atomic E-state index is 0.192. The first kappa shape index (κ1) is 22.7. The van der Waals surface area contributed by atoms with Crippen LogP contribution >= 0.6 is 0 Å². The van der Waals surface area contributed by atoms with E-state index in [4.69, 9.17) is 0 Å². The highest BCUT2D eigenvalue weighted by atomic mass is 32.2. The SMILES string of the molecule is Cc1ccc(S(=O)(=O)N(CCc2ccccc2)CC(=O)NCc2cccc(C)c2)cc1. The topological polar surface area (TPSA) is 66.5 Å². The number of aryl methyl sites for hydroxylation is 2. The number of nitrogens with zero attached hydrogens (tertiary/aromatic N) is 1. The van der Waals surface area contributed by atoms with Gasteiger partial charge in [0, 0.05) is 13.1 Å². The Bertz CT molecular complexity index is 1110. The first-order chi connectivity index (χ1) is 14.8. The van der Waals surface area contributed by atoms with Gasteiger partial charge in [-0.2, -0.15) is 4.31 Å². The maximum Gasteiger partial charge on any atom is 0.243 e.